The molecule has 3 rings (SSSR count). The number of aromatic nitrogens is 2. The molecule has 6 heteroatoms. The molecule has 0 radical (unpaired) electrons. The molecule has 1 aromatic carbocycles. The summed E-state index contributed by atoms with van der Waals surface area (Å²) < 4.78 is 7.50. The summed E-state index contributed by atoms with van der Waals surface area (Å²) >= 11 is 0. The second-order valence-electron chi connectivity index (χ2n) is 7.30. The Morgan fingerprint density at radius 2 is 2.11 bits per heavy atom. The molecule has 0 saturated carbocycles. The molecule has 0 spiro atoms. The molecule has 1 aliphatic heterocycles. The van der Waals surface area contributed by atoms with Crippen molar-refractivity contribution in [1.82, 2.24) is 20.0 Å². The highest BCUT2D eigenvalue weighted by Crippen LogP contribution is 2.27. The number of hydrogen-bond acceptors (Lipinski definition) is 3. The van der Waals surface area contributed by atoms with E-state index in [2.05, 4.69) is 30.5 Å². The maximum Gasteiger partial charge on any atom is 0.317 e. The molecule has 1 N–H and O–H groups in total. The van der Waals surface area contributed by atoms with Crippen molar-refractivity contribution in [3.05, 3.63) is 47.3 Å². The van der Waals surface area contributed by atoms with Crippen molar-refractivity contribution in [2.75, 3.05) is 19.7 Å². The van der Waals surface area contributed by atoms with Crippen molar-refractivity contribution < 1.29 is 9.53 Å². The van der Waals surface area contributed by atoms with Crippen LogP contribution in [0.25, 0.3) is 0 Å². The lowest BCUT2D eigenvalue weighted by atomic mass is 9.92. The average Bonchev–Trinajstić information content (AvgIpc) is 3.12. The summed E-state index contributed by atoms with van der Waals surface area (Å²) in [5, 5.41) is 7.32. The van der Waals surface area contributed by atoms with Crippen LogP contribution in [0.3, 0.4) is 0 Å². The smallest absolute Gasteiger partial charge is 0.317 e. The highest BCUT2D eigenvalue weighted by Gasteiger charge is 2.24. The first-order valence-electron chi connectivity index (χ1n) is 9.80. The second-order valence-corrected chi connectivity index (χ2v) is 7.30. The molecule has 1 aromatic heterocycles. The minimum atomic E-state index is 0.0188. The maximum absolute atomic E-state index is 12.5. The van der Waals surface area contributed by atoms with Gasteiger partial charge in [0.15, 0.2) is 0 Å². The zero-order valence-corrected chi connectivity index (χ0v) is 16.6. The van der Waals surface area contributed by atoms with Gasteiger partial charge in [-0.1, -0.05) is 13.0 Å². The van der Waals surface area contributed by atoms with E-state index in [-0.39, 0.29) is 6.03 Å². The average molecular weight is 370 g/mol. The van der Waals surface area contributed by atoms with Crippen LogP contribution in [-0.4, -0.2) is 40.4 Å². The first-order chi connectivity index (χ1) is 13.1. The predicted octanol–water partition coefficient (Wildman–Crippen LogP) is 3.61. The van der Waals surface area contributed by atoms with E-state index in [0.717, 1.165) is 55.8 Å². The van der Waals surface area contributed by atoms with Gasteiger partial charge in [-0.15, -0.1) is 0 Å². The number of hydrogen-bond donors (Lipinski definition) is 1. The Labute approximate surface area is 161 Å². The first kappa shape index (κ1) is 19.3. The lowest BCUT2D eigenvalue weighted by Crippen LogP contribution is -2.43. The molecule has 2 heterocycles. The summed E-state index contributed by atoms with van der Waals surface area (Å²) in [7, 11) is 1.94. The Bertz CT molecular complexity index is 763. The first-order valence-corrected chi connectivity index (χ1v) is 9.80. The number of amides is 2. The van der Waals surface area contributed by atoms with Gasteiger partial charge >= 0.3 is 6.03 Å². The number of urea groups is 1. The molecule has 146 valence electrons. The minimum absolute atomic E-state index is 0.0188. The lowest BCUT2D eigenvalue weighted by Gasteiger charge is -2.31. The molecule has 2 amide bonds. The van der Waals surface area contributed by atoms with Crippen LogP contribution >= 0.6 is 0 Å². The molecule has 27 heavy (non-hydrogen) atoms. The van der Waals surface area contributed by atoms with Crippen LogP contribution in [0.5, 0.6) is 5.75 Å². The molecule has 6 nitrogen and oxygen atoms in total. The van der Waals surface area contributed by atoms with E-state index in [0.29, 0.717) is 12.5 Å². The number of carbonyl (C=O) groups is 1. The molecule has 0 aliphatic carbocycles. The van der Waals surface area contributed by atoms with Crippen LogP contribution < -0.4 is 10.1 Å². The summed E-state index contributed by atoms with van der Waals surface area (Å²) in [5.41, 5.74) is 3.54. The lowest BCUT2D eigenvalue weighted by molar-refractivity contribution is 0.181. The van der Waals surface area contributed by atoms with Crippen molar-refractivity contribution in [3.63, 3.8) is 0 Å². The number of carbonyl (C=O) groups excluding carboxylic acids is 1. The Morgan fingerprint density at radius 3 is 2.74 bits per heavy atom. The fraction of sp³-hybridized carbons (Fsp3) is 0.524. The van der Waals surface area contributed by atoms with Gasteiger partial charge in [-0.05, 0) is 60.9 Å². The van der Waals surface area contributed by atoms with Gasteiger partial charge in [-0.25, -0.2) is 4.79 Å². The number of benzene rings is 1. The van der Waals surface area contributed by atoms with Gasteiger partial charge in [-0.2, -0.15) is 5.10 Å². The molecule has 2 aromatic rings. The summed E-state index contributed by atoms with van der Waals surface area (Å²) in [6.07, 6.45) is 6.99. The van der Waals surface area contributed by atoms with E-state index in [1.807, 2.05) is 41.0 Å². The van der Waals surface area contributed by atoms with Gasteiger partial charge in [0.1, 0.15) is 5.75 Å². The fourth-order valence-corrected chi connectivity index (χ4v) is 3.53. The third-order valence-corrected chi connectivity index (χ3v) is 5.20. The van der Waals surface area contributed by atoms with E-state index in [1.54, 1.807) is 0 Å². The van der Waals surface area contributed by atoms with Gasteiger partial charge in [0, 0.05) is 32.9 Å². The number of aryl methyl sites for hydroxylation is 2. The second kappa shape index (κ2) is 8.93. The highest BCUT2D eigenvalue weighted by atomic mass is 16.5. The molecule has 1 saturated heterocycles. The number of piperidine rings is 1. The molecule has 0 unspecified atom stereocenters. The zero-order valence-electron chi connectivity index (χ0n) is 16.6. The van der Waals surface area contributed by atoms with Gasteiger partial charge in [0.25, 0.3) is 0 Å². The van der Waals surface area contributed by atoms with Crippen LogP contribution in [0, 0.1) is 6.92 Å². The Hall–Kier alpha value is -2.50. The van der Waals surface area contributed by atoms with Gasteiger partial charge in [-0.3, -0.25) is 4.68 Å². The number of ether oxygens (including phenoxy) is 1. The third-order valence-electron chi connectivity index (χ3n) is 5.20. The summed E-state index contributed by atoms with van der Waals surface area (Å²) in [4.78, 5) is 14.4. The minimum Gasteiger partial charge on any atom is -0.494 e. The van der Waals surface area contributed by atoms with E-state index in [4.69, 9.17) is 4.74 Å². The van der Waals surface area contributed by atoms with Crippen molar-refractivity contribution in [2.24, 2.45) is 7.05 Å². The normalized spacial score (nSPS) is 15.0. The van der Waals surface area contributed by atoms with Crippen LogP contribution in [0.1, 0.15) is 48.8 Å². The number of nitrogens with one attached hydrogen (secondary N) is 1. The van der Waals surface area contributed by atoms with Crippen LogP contribution in [0.15, 0.2) is 30.6 Å². The standard InChI is InChI=1S/C21H30N4O2/c1-4-11-27-20-6-5-18(16(2)12-20)13-22-21(26)25-9-7-17(8-10-25)19-14-23-24(3)15-19/h5-6,12,14-15,17H,4,7-11,13H2,1-3H3,(H,22,26). The van der Waals surface area contributed by atoms with Gasteiger partial charge in [0.2, 0.25) is 0 Å². The summed E-state index contributed by atoms with van der Waals surface area (Å²) in [6.45, 7) is 6.99. The quantitative estimate of drug-likeness (QED) is 0.845. The summed E-state index contributed by atoms with van der Waals surface area (Å²) in [5.74, 6) is 1.39. The van der Waals surface area contributed by atoms with Crippen LogP contribution in [-0.2, 0) is 13.6 Å². The molecule has 0 bridgehead atoms. The van der Waals surface area contributed by atoms with Crippen molar-refractivity contribution >= 4 is 6.03 Å². The maximum atomic E-state index is 12.5. The van der Waals surface area contributed by atoms with E-state index < -0.39 is 0 Å². The topological polar surface area (TPSA) is 59.4 Å². The number of rotatable bonds is 6. The fourth-order valence-electron chi connectivity index (χ4n) is 3.53. The Morgan fingerprint density at radius 1 is 1.33 bits per heavy atom. The number of likely N-dealkylation sites (tertiary alicyclic amines) is 1. The Kier molecular flexibility index (Phi) is 6.37. The molecule has 1 aliphatic rings. The molecular formula is C21H30N4O2. The third kappa shape index (κ3) is 5.02. The van der Waals surface area contributed by atoms with Crippen molar-refractivity contribution in [2.45, 2.75) is 45.6 Å². The van der Waals surface area contributed by atoms with Crippen LogP contribution in [0.2, 0.25) is 0 Å². The number of nitrogens with zero attached hydrogens (tertiary/aromatic N) is 3. The zero-order chi connectivity index (χ0) is 19.2. The highest BCUT2D eigenvalue weighted by molar-refractivity contribution is 5.74. The summed E-state index contributed by atoms with van der Waals surface area (Å²) in [6, 6.07) is 6.07. The van der Waals surface area contributed by atoms with Crippen molar-refractivity contribution in [1.29, 1.82) is 0 Å². The van der Waals surface area contributed by atoms with Crippen LogP contribution in [0.4, 0.5) is 4.79 Å². The van der Waals surface area contributed by atoms with Gasteiger partial charge in [0.05, 0.1) is 12.8 Å². The Balaban J connectivity index is 1.47. The largest absolute Gasteiger partial charge is 0.494 e. The molecule has 1 fully saturated rings. The van der Waals surface area contributed by atoms with E-state index in [9.17, 15) is 4.79 Å². The van der Waals surface area contributed by atoms with Gasteiger partial charge < -0.3 is 15.0 Å². The monoisotopic (exact) mass is 370 g/mol. The van der Waals surface area contributed by atoms with Crippen molar-refractivity contribution in [3.8, 4) is 5.75 Å². The molecular weight excluding hydrogens is 340 g/mol. The predicted molar refractivity (Wildman–Crippen MR) is 106 cm³/mol. The van der Waals surface area contributed by atoms with E-state index >= 15 is 0 Å². The van der Waals surface area contributed by atoms with E-state index in [1.165, 1.54) is 5.56 Å². The SMILES string of the molecule is CCCOc1ccc(CNC(=O)N2CCC(c3cnn(C)c3)CC2)c(C)c1. The molecule has 0 atom stereocenters.